The molecule has 0 spiro atoms. The van der Waals surface area contributed by atoms with Crippen LogP contribution >= 0.6 is 28.1 Å². The van der Waals surface area contributed by atoms with Gasteiger partial charge in [-0.3, -0.25) is 0 Å². The number of piperidine rings is 1. The van der Waals surface area contributed by atoms with Crippen molar-refractivity contribution in [2.24, 2.45) is 5.92 Å². The van der Waals surface area contributed by atoms with Crippen molar-refractivity contribution in [1.29, 1.82) is 0 Å². The Kier molecular flexibility index (Phi) is 6.54. The highest BCUT2D eigenvalue weighted by Crippen LogP contribution is 2.24. The maximum absolute atomic E-state index is 5.44. The third-order valence-electron chi connectivity index (χ3n) is 4.86. The van der Waals surface area contributed by atoms with Gasteiger partial charge in [0.05, 0.1) is 6.04 Å². The molecule has 0 aliphatic carbocycles. The van der Waals surface area contributed by atoms with Gasteiger partial charge in [0.25, 0.3) is 0 Å². The van der Waals surface area contributed by atoms with E-state index < -0.39 is 0 Å². The average molecular weight is 432 g/mol. The molecule has 0 aromatic heterocycles. The fourth-order valence-electron chi connectivity index (χ4n) is 3.38. The number of anilines is 2. The van der Waals surface area contributed by atoms with Crippen LogP contribution in [0.4, 0.5) is 11.4 Å². The van der Waals surface area contributed by atoms with E-state index in [1.807, 2.05) is 24.3 Å². The van der Waals surface area contributed by atoms with Crippen molar-refractivity contribution in [2.75, 3.05) is 23.3 Å². The molecule has 5 heteroatoms. The Balaban J connectivity index is 1.56. The first-order valence-corrected chi connectivity index (χ1v) is 10.4. The van der Waals surface area contributed by atoms with E-state index in [0.29, 0.717) is 5.11 Å². The zero-order valence-corrected chi connectivity index (χ0v) is 17.7. The quantitative estimate of drug-likeness (QED) is 0.603. The molecular formula is C21H26BrN3S. The van der Waals surface area contributed by atoms with Gasteiger partial charge in [0.1, 0.15) is 0 Å². The molecule has 138 valence electrons. The first kappa shape index (κ1) is 19.2. The molecule has 26 heavy (non-hydrogen) atoms. The lowest BCUT2D eigenvalue weighted by atomic mass is 9.99. The van der Waals surface area contributed by atoms with E-state index >= 15 is 0 Å². The van der Waals surface area contributed by atoms with Gasteiger partial charge < -0.3 is 15.5 Å². The van der Waals surface area contributed by atoms with Gasteiger partial charge in [0.2, 0.25) is 0 Å². The second-order valence-electron chi connectivity index (χ2n) is 7.11. The molecule has 1 aliphatic heterocycles. The van der Waals surface area contributed by atoms with Crippen molar-refractivity contribution >= 4 is 44.6 Å². The normalized spacial score (nSPS) is 18.3. The Labute approximate surface area is 170 Å². The van der Waals surface area contributed by atoms with E-state index in [4.69, 9.17) is 12.2 Å². The topological polar surface area (TPSA) is 27.3 Å². The molecular weight excluding hydrogens is 406 g/mol. The standard InChI is InChI=1S/C21H26BrN3S/c1-15-4-3-13-25(14-15)20-11-5-17(6-12-20)16(2)23-21(26)24-19-9-7-18(22)8-10-19/h5-12,15-16H,3-4,13-14H2,1-2H3,(H2,23,24,26)/t15-,16-/m0/s1. The van der Waals surface area contributed by atoms with E-state index in [1.165, 1.54) is 30.6 Å². The van der Waals surface area contributed by atoms with E-state index in [2.05, 4.69) is 69.6 Å². The zero-order chi connectivity index (χ0) is 18.5. The third kappa shape index (κ3) is 5.21. The van der Waals surface area contributed by atoms with Crippen molar-refractivity contribution in [3.05, 3.63) is 58.6 Å². The number of halogens is 1. The molecule has 0 bridgehead atoms. The van der Waals surface area contributed by atoms with Crippen LogP contribution in [0.15, 0.2) is 53.0 Å². The van der Waals surface area contributed by atoms with Crippen LogP contribution in [-0.2, 0) is 0 Å². The summed E-state index contributed by atoms with van der Waals surface area (Å²) in [6, 6.07) is 17.0. The predicted octanol–water partition coefficient (Wildman–Crippen LogP) is 5.73. The number of nitrogens with zero attached hydrogens (tertiary/aromatic N) is 1. The molecule has 2 N–H and O–H groups in total. The van der Waals surface area contributed by atoms with Crippen LogP contribution in [0.2, 0.25) is 0 Å². The Morgan fingerprint density at radius 2 is 1.85 bits per heavy atom. The number of rotatable bonds is 4. The fraction of sp³-hybridized carbons (Fsp3) is 0.381. The zero-order valence-electron chi connectivity index (χ0n) is 15.3. The maximum Gasteiger partial charge on any atom is 0.171 e. The SMILES string of the molecule is C[C@H]1CCCN(c2ccc([C@H](C)NC(=S)Nc3ccc(Br)cc3)cc2)C1. The van der Waals surface area contributed by atoms with Crippen molar-refractivity contribution < 1.29 is 0 Å². The lowest BCUT2D eigenvalue weighted by Crippen LogP contribution is -2.34. The van der Waals surface area contributed by atoms with Gasteiger partial charge in [0.15, 0.2) is 5.11 Å². The lowest BCUT2D eigenvalue weighted by molar-refractivity contribution is 0.447. The number of hydrogen-bond acceptors (Lipinski definition) is 2. The van der Waals surface area contributed by atoms with Gasteiger partial charge in [-0.2, -0.15) is 0 Å². The van der Waals surface area contributed by atoms with Gasteiger partial charge in [-0.1, -0.05) is 35.0 Å². The summed E-state index contributed by atoms with van der Waals surface area (Å²) in [4.78, 5) is 2.50. The third-order valence-corrected chi connectivity index (χ3v) is 5.61. The van der Waals surface area contributed by atoms with Crippen molar-refractivity contribution in [1.82, 2.24) is 5.32 Å². The maximum atomic E-state index is 5.44. The summed E-state index contributed by atoms with van der Waals surface area (Å²) >= 11 is 8.88. The number of hydrogen-bond donors (Lipinski definition) is 2. The molecule has 2 aromatic rings. The minimum atomic E-state index is 0.153. The highest BCUT2D eigenvalue weighted by Gasteiger charge is 2.17. The molecule has 0 unspecified atom stereocenters. The molecule has 0 saturated carbocycles. The van der Waals surface area contributed by atoms with Crippen LogP contribution in [0.5, 0.6) is 0 Å². The van der Waals surface area contributed by atoms with Crippen molar-refractivity contribution in [3.8, 4) is 0 Å². The Morgan fingerprint density at radius 1 is 1.15 bits per heavy atom. The minimum absolute atomic E-state index is 0.153. The molecule has 2 aromatic carbocycles. The van der Waals surface area contributed by atoms with Crippen LogP contribution in [0.25, 0.3) is 0 Å². The summed E-state index contributed by atoms with van der Waals surface area (Å²) < 4.78 is 1.05. The summed E-state index contributed by atoms with van der Waals surface area (Å²) in [5.41, 5.74) is 3.54. The Morgan fingerprint density at radius 3 is 2.50 bits per heavy atom. The molecule has 1 heterocycles. The second kappa shape index (κ2) is 8.87. The van der Waals surface area contributed by atoms with E-state index in [-0.39, 0.29) is 6.04 Å². The second-order valence-corrected chi connectivity index (χ2v) is 8.44. The molecule has 0 amide bonds. The first-order valence-electron chi connectivity index (χ1n) is 9.19. The predicted molar refractivity (Wildman–Crippen MR) is 119 cm³/mol. The van der Waals surface area contributed by atoms with Gasteiger partial charge in [0, 0.05) is 28.9 Å². The van der Waals surface area contributed by atoms with Gasteiger partial charge in [-0.15, -0.1) is 0 Å². The first-order chi connectivity index (χ1) is 12.5. The van der Waals surface area contributed by atoms with Gasteiger partial charge >= 0.3 is 0 Å². The molecule has 3 nitrogen and oxygen atoms in total. The largest absolute Gasteiger partial charge is 0.371 e. The molecule has 3 rings (SSSR count). The molecule has 0 radical (unpaired) electrons. The van der Waals surface area contributed by atoms with Crippen LogP contribution in [-0.4, -0.2) is 18.2 Å². The van der Waals surface area contributed by atoms with Crippen molar-refractivity contribution in [2.45, 2.75) is 32.7 Å². The Bertz CT molecular complexity index is 730. The van der Waals surface area contributed by atoms with Crippen LogP contribution in [0, 0.1) is 5.92 Å². The van der Waals surface area contributed by atoms with Crippen LogP contribution in [0.1, 0.15) is 38.3 Å². The van der Waals surface area contributed by atoms with E-state index in [9.17, 15) is 0 Å². The summed E-state index contributed by atoms with van der Waals surface area (Å²) in [6.45, 7) is 6.80. The van der Waals surface area contributed by atoms with Gasteiger partial charge in [-0.25, -0.2) is 0 Å². The van der Waals surface area contributed by atoms with Gasteiger partial charge in [-0.05, 0) is 79.9 Å². The smallest absolute Gasteiger partial charge is 0.171 e. The summed E-state index contributed by atoms with van der Waals surface area (Å²) in [5, 5.41) is 7.22. The van der Waals surface area contributed by atoms with E-state index in [1.54, 1.807) is 0 Å². The molecule has 1 aliphatic rings. The highest BCUT2D eigenvalue weighted by atomic mass is 79.9. The Hall–Kier alpha value is -1.59. The summed E-state index contributed by atoms with van der Waals surface area (Å²) in [6.07, 6.45) is 2.63. The fourth-order valence-corrected chi connectivity index (χ4v) is 3.94. The van der Waals surface area contributed by atoms with Crippen LogP contribution < -0.4 is 15.5 Å². The summed E-state index contributed by atoms with van der Waals surface area (Å²) in [5.74, 6) is 0.783. The number of thiocarbonyl (C=S) groups is 1. The average Bonchev–Trinajstić information content (AvgIpc) is 2.64. The van der Waals surface area contributed by atoms with E-state index in [0.717, 1.165) is 22.6 Å². The lowest BCUT2D eigenvalue weighted by Gasteiger charge is -2.33. The highest BCUT2D eigenvalue weighted by molar-refractivity contribution is 9.10. The van der Waals surface area contributed by atoms with Crippen molar-refractivity contribution in [3.63, 3.8) is 0 Å². The summed E-state index contributed by atoms with van der Waals surface area (Å²) in [7, 11) is 0. The number of nitrogens with one attached hydrogen (secondary N) is 2. The molecule has 1 fully saturated rings. The molecule has 1 saturated heterocycles. The molecule has 2 atom stereocenters. The number of benzene rings is 2. The monoisotopic (exact) mass is 431 g/mol. The van der Waals surface area contributed by atoms with Crippen LogP contribution in [0.3, 0.4) is 0 Å². The minimum Gasteiger partial charge on any atom is -0.371 e.